The predicted octanol–water partition coefficient (Wildman–Crippen LogP) is 12.0. The van der Waals surface area contributed by atoms with E-state index in [1.807, 2.05) is 27.7 Å². The Morgan fingerprint density at radius 3 is 1.10 bits per heavy atom. The maximum Gasteiger partial charge on any atom is 0.119 e. The van der Waals surface area contributed by atoms with Gasteiger partial charge in [-0.25, -0.2) is 0 Å². The third-order valence-corrected chi connectivity index (χ3v) is 11.2. The van der Waals surface area contributed by atoms with Crippen molar-refractivity contribution < 1.29 is 28.4 Å². The zero-order chi connectivity index (χ0) is 40.5. The molecule has 0 aliphatic heterocycles. The number of rotatable bonds is 17. The van der Waals surface area contributed by atoms with Crippen LogP contribution in [0.25, 0.3) is 11.1 Å². The van der Waals surface area contributed by atoms with Crippen LogP contribution in [0, 0.1) is 5.92 Å². The summed E-state index contributed by atoms with van der Waals surface area (Å²) < 4.78 is 35.4. The average Bonchev–Trinajstić information content (AvgIpc) is 3.62. The Morgan fingerprint density at radius 1 is 0.431 bits per heavy atom. The SMILES string of the molecule is CCOc1ccc(C2=C(c3ccc(OCC)cc3)C(c3ccc(OC)cc3)(c3ccc(OC)cc3)C(C(c3ccc(OCC)cc3)c3ccc(OCC)cc3)C2)cc1. The van der Waals surface area contributed by atoms with Crippen LogP contribution in [0.3, 0.4) is 0 Å². The Hall–Kier alpha value is -6.14. The van der Waals surface area contributed by atoms with Crippen LogP contribution in [0.1, 0.15) is 73.4 Å². The highest BCUT2D eigenvalue weighted by Crippen LogP contribution is 2.64. The molecular weight excluding hydrogens is 721 g/mol. The van der Waals surface area contributed by atoms with Crippen LogP contribution in [0.15, 0.2) is 146 Å². The summed E-state index contributed by atoms with van der Waals surface area (Å²) in [5.41, 5.74) is 8.81. The minimum absolute atomic E-state index is 0.0340. The van der Waals surface area contributed by atoms with E-state index in [2.05, 4.69) is 146 Å². The molecule has 6 aromatic rings. The molecule has 58 heavy (non-hydrogen) atoms. The third kappa shape index (κ3) is 8.02. The monoisotopic (exact) mass is 774 g/mol. The van der Waals surface area contributed by atoms with E-state index in [-0.39, 0.29) is 11.8 Å². The molecule has 0 N–H and O–H groups in total. The summed E-state index contributed by atoms with van der Waals surface area (Å²) in [5, 5.41) is 0. The Morgan fingerprint density at radius 2 is 0.759 bits per heavy atom. The minimum Gasteiger partial charge on any atom is -0.497 e. The number of hydrogen-bond donors (Lipinski definition) is 0. The highest BCUT2D eigenvalue weighted by Gasteiger charge is 2.54. The number of hydrogen-bond acceptors (Lipinski definition) is 6. The molecule has 6 heteroatoms. The fourth-order valence-corrected chi connectivity index (χ4v) is 8.86. The molecule has 0 fully saturated rings. The van der Waals surface area contributed by atoms with E-state index in [4.69, 9.17) is 28.4 Å². The van der Waals surface area contributed by atoms with Crippen molar-refractivity contribution in [3.63, 3.8) is 0 Å². The van der Waals surface area contributed by atoms with Gasteiger partial charge in [-0.2, -0.15) is 0 Å². The standard InChI is InChI=1S/C52H54O6/c1-7-55-44-23-11-36(12-24-44)48-35-49(50(37-13-25-45(26-14-37)56-8-2)38-15-27-46(28-16-38)57-9-3)52(40-19-31-42(53-5)32-20-40,41-21-33-43(54-6)34-22-41)51(48)39-17-29-47(30-18-39)58-10-4/h11-34,49-50H,7-10,35H2,1-6H3. The van der Waals surface area contributed by atoms with Crippen LogP contribution in [0.5, 0.6) is 34.5 Å². The van der Waals surface area contributed by atoms with Gasteiger partial charge in [0.25, 0.3) is 0 Å². The Kier molecular flexibility index (Phi) is 12.7. The van der Waals surface area contributed by atoms with Gasteiger partial charge in [0.1, 0.15) is 34.5 Å². The molecule has 0 spiro atoms. The first kappa shape index (κ1) is 40.1. The van der Waals surface area contributed by atoms with Crippen LogP contribution in [-0.4, -0.2) is 40.6 Å². The highest BCUT2D eigenvalue weighted by atomic mass is 16.5. The first-order chi connectivity index (χ1) is 28.5. The summed E-state index contributed by atoms with van der Waals surface area (Å²) in [5.74, 6) is 4.88. The zero-order valence-electron chi connectivity index (χ0n) is 34.5. The lowest BCUT2D eigenvalue weighted by atomic mass is 9.58. The smallest absolute Gasteiger partial charge is 0.119 e. The molecule has 1 unspecified atom stereocenters. The molecular formula is C52H54O6. The van der Waals surface area contributed by atoms with E-state index in [9.17, 15) is 0 Å². The van der Waals surface area contributed by atoms with E-state index in [1.54, 1.807) is 14.2 Å². The van der Waals surface area contributed by atoms with Gasteiger partial charge in [-0.15, -0.1) is 0 Å². The van der Waals surface area contributed by atoms with Gasteiger partial charge in [-0.05, 0) is 157 Å². The Labute approximate surface area is 344 Å². The van der Waals surface area contributed by atoms with Gasteiger partial charge in [0.2, 0.25) is 0 Å². The molecule has 0 saturated carbocycles. The van der Waals surface area contributed by atoms with E-state index in [1.165, 1.54) is 22.3 Å². The van der Waals surface area contributed by atoms with Crippen molar-refractivity contribution >= 4 is 11.1 Å². The molecule has 7 rings (SSSR count). The Bertz CT molecular complexity index is 2140. The lowest BCUT2D eigenvalue weighted by Gasteiger charge is -2.44. The zero-order valence-corrected chi connectivity index (χ0v) is 34.5. The van der Waals surface area contributed by atoms with Gasteiger partial charge in [0.05, 0.1) is 46.1 Å². The molecule has 6 nitrogen and oxygen atoms in total. The largest absolute Gasteiger partial charge is 0.497 e. The van der Waals surface area contributed by atoms with Gasteiger partial charge in [-0.1, -0.05) is 72.8 Å². The molecule has 6 aromatic carbocycles. The first-order valence-electron chi connectivity index (χ1n) is 20.4. The summed E-state index contributed by atoms with van der Waals surface area (Å²) in [6.07, 6.45) is 0.764. The molecule has 1 aliphatic rings. The average molecular weight is 775 g/mol. The molecule has 0 saturated heterocycles. The van der Waals surface area contributed by atoms with Crippen molar-refractivity contribution in [3.05, 3.63) is 179 Å². The van der Waals surface area contributed by atoms with Gasteiger partial charge in [0.15, 0.2) is 0 Å². The molecule has 0 aromatic heterocycles. The third-order valence-electron chi connectivity index (χ3n) is 11.2. The van der Waals surface area contributed by atoms with Crippen LogP contribution in [0.4, 0.5) is 0 Å². The maximum atomic E-state index is 5.99. The normalized spacial score (nSPS) is 14.6. The molecule has 0 amide bonds. The van der Waals surface area contributed by atoms with E-state index < -0.39 is 5.41 Å². The van der Waals surface area contributed by atoms with Gasteiger partial charge < -0.3 is 28.4 Å². The van der Waals surface area contributed by atoms with Crippen molar-refractivity contribution in [2.75, 3.05) is 40.6 Å². The van der Waals surface area contributed by atoms with Gasteiger partial charge >= 0.3 is 0 Å². The maximum absolute atomic E-state index is 5.99. The predicted molar refractivity (Wildman–Crippen MR) is 234 cm³/mol. The number of allylic oxidation sites excluding steroid dienone is 2. The quantitative estimate of drug-likeness (QED) is 0.0920. The van der Waals surface area contributed by atoms with Crippen LogP contribution in [0.2, 0.25) is 0 Å². The fraction of sp³-hybridized carbons (Fsp3) is 0.269. The topological polar surface area (TPSA) is 55.4 Å². The molecule has 0 radical (unpaired) electrons. The molecule has 298 valence electrons. The lowest BCUT2D eigenvalue weighted by molar-refractivity contribution is 0.338. The van der Waals surface area contributed by atoms with Crippen LogP contribution < -0.4 is 28.4 Å². The van der Waals surface area contributed by atoms with Crippen molar-refractivity contribution in [1.82, 2.24) is 0 Å². The fourth-order valence-electron chi connectivity index (χ4n) is 8.86. The second-order valence-electron chi connectivity index (χ2n) is 14.3. The van der Waals surface area contributed by atoms with Crippen molar-refractivity contribution in [3.8, 4) is 34.5 Å². The summed E-state index contributed by atoms with van der Waals surface area (Å²) >= 11 is 0. The summed E-state index contributed by atoms with van der Waals surface area (Å²) in [6, 6.07) is 52.0. The van der Waals surface area contributed by atoms with Crippen molar-refractivity contribution in [1.29, 1.82) is 0 Å². The van der Waals surface area contributed by atoms with E-state index in [0.717, 1.165) is 63.2 Å². The summed E-state index contributed by atoms with van der Waals surface area (Å²) in [4.78, 5) is 0. The van der Waals surface area contributed by atoms with Crippen molar-refractivity contribution in [2.45, 2.75) is 45.4 Å². The highest BCUT2D eigenvalue weighted by molar-refractivity contribution is 6.01. The number of ether oxygens (including phenoxy) is 6. The van der Waals surface area contributed by atoms with Crippen LogP contribution >= 0.6 is 0 Å². The summed E-state index contributed by atoms with van der Waals surface area (Å²) in [6.45, 7) is 10.5. The molecule has 0 heterocycles. The number of benzene rings is 6. The van der Waals surface area contributed by atoms with Crippen LogP contribution in [-0.2, 0) is 5.41 Å². The molecule has 1 atom stereocenters. The summed E-state index contributed by atoms with van der Waals surface area (Å²) in [7, 11) is 3.44. The van der Waals surface area contributed by atoms with E-state index >= 15 is 0 Å². The molecule has 1 aliphatic carbocycles. The van der Waals surface area contributed by atoms with E-state index in [0.29, 0.717) is 26.4 Å². The van der Waals surface area contributed by atoms with Gasteiger partial charge in [-0.3, -0.25) is 0 Å². The second-order valence-corrected chi connectivity index (χ2v) is 14.3. The number of methoxy groups -OCH3 is 2. The first-order valence-corrected chi connectivity index (χ1v) is 20.4. The Balaban J connectivity index is 1.60. The minimum atomic E-state index is -0.693. The lowest BCUT2D eigenvalue weighted by Crippen LogP contribution is -2.38. The van der Waals surface area contributed by atoms with Crippen molar-refractivity contribution in [2.24, 2.45) is 5.92 Å². The molecule has 0 bridgehead atoms. The second kappa shape index (κ2) is 18.4. The van der Waals surface area contributed by atoms with Gasteiger partial charge in [0, 0.05) is 5.92 Å².